The first-order chi connectivity index (χ1) is 8.83. The van der Waals surface area contributed by atoms with Gasteiger partial charge < -0.3 is 0 Å². The van der Waals surface area contributed by atoms with E-state index in [0.29, 0.717) is 0 Å². The highest BCUT2D eigenvalue weighted by Crippen LogP contribution is 2.37. The molecule has 0 N–H and O–H groups in total. The SMILES string of the molecule is CCC[C@H]1CC[C@H](c2ccc(N=C=S)cc2)CC1. The van der Waals surface area contributed by atoms with Gasteiger partial charge in [-0.2, -0.15) is 4.99 Å². The van der Waals surface area contributed by atoms with Gasteiger partial charge in [0.1, 0.15) is 0 Å². The Labute approximate surface area is 115 Å². The van der Waals surface area contributed by atoms with Gasteiger partial charge in [-0.05, 0) is 67.4 Å². The maximum absolute atomic E-state index is 4.61. The van der Waals surface area contributed by atoms with Crippen molar-refractivity contribution in [3.05, 3.63) is 29.8 Å². The normalized spacial score (nSPS) is 23.4. The summed E-state index contributed by atoms with van der Waals surface area (Å²) in [5, 5.41) is 2.41. The molecule has 2 rings (SSSR count). The largest absolute Gasteiger partial charge is 0.195 e. The molecule has 1 saturated carbocycles. The zero-order valence-electron chi connectivity index (χ0n) is 11.1. The van der Waals surface area contributed by atoms with Gasteiger partial charge in [-0.3, -0.25) is 0 Å². The molecular weight excluding hydrogens is 238 g/mol. The van der Waals surface area contributed by atoms with Crippen molar-refractivity contribution in [3.63, 3.8) is 0 Å². The lowest BCUT2D eigenvalue weighted by molar-refractivity contribution is 0.308. The van der Waals surface area contributed by atoms with Crippen LogP contribution in [0, 0.1) is 5.92 Å². The Kier molecular flexibility index (Phi) is 5.10. The maximum atomic E-state index is 4.61. The summed E-state index contributed by atoms with van der Waals surface area (Å²) in [5.74, 6) is 1.73. The number of benzene rings is 1. The van der Waals surface area contributed by atoms with E-state index >= 15 is 0 Å². The second-order valence-electron chi connectivity index (χ2n) is 5.30. The van der Waals surface area contributed by atoms with Crippen LogP contribution in [0.3, 0.4) is 0 Å². The van der Waals surface area contributed by atoms with Crippen molar-refractivity contribution in [2.75, 3.05) is 0 Å². The van der Waals surface area contributed by atoms with Gasteiger partial charge in [-0.1, -0.05) is 31.9 Å². The van der Waals surface area contributed by atoms with Crippen LogP contribution >= 0.6 is 12.2 Å². The predicted molar refractivity (Wildman–Crippen MR) is 80.7 cm³/mol. The molecule has 1 aromatic carbocycles. The highest BCUT2D eigenvalue weighted by atomic mass is 32.1. The number of aliphatic imine (C=N–C) groups is 1. The van der Waals surface area contributed by atoms with Crippen molar-refractivity contribution < 1.29 is 0 Å². The molecule has 1 aliphatic rings. The number of isothiocyanates is 1. The van der Waals surface area contributed by atoms with Gasteiger partial charge in [0.15, 0.2) is 0 Å². The number of nitrogens with zero attached hydrogens (tertiary/aromatic N) is 1. The van der Waals surface area contributed by atoms with Crippen LogP contribution in [0.2, 0.25) is 0 Å². The minimum Gasteiger partial charge on any atom is -0.195 e. The van der Waals surface area contributed by atoms with Crippen molar-refractivity contribution in [2.24, 2.45) is 10.9 Å². The summed E-state index contributed by atoms with van der Waals surface area (Å²) < 4.78 is 0. The molecule has 1 nitrogen and oxygen atoms in total. The zero-order valence-corrected chi connectivity index (χ0v) is 11.9. The zero-order chi connectivity index (χ0) is 12.8. The van der Waals surface area contributed by atoms with Gasteiger partial charge in [0, 0.05) is 0 Å². The fourth-order valence-corrected chi connectivity index (χ4v) is 3.17. The standard InChI is InChI=1S/C16H21NS/c1-2-3-13-4-6-14(7-5-13)15-8-10-16(11-9-15)17-12-18/h8-11,13-14H,2-7H2,1H3/t13-,14-. The Morgan fingerprint density at radius 1 is 1.17 bits per heavy atom. The molecule has 2 heteroatoms. The molecule has 1 fully saturated rings. The van der Waals surface area contributed by atoms with Crippen LogP contribution in [0.4, 0.5) is 5.69 Å². The van der Waals surface area contributed by atoms with Gasteiger partial charge in [-0.15, -0.1) is 0 Å². The topological polar surface area (TPSA) is 12.4 Å². The van der Waals surface area contributed by atoms with Crippen molar-refractivity contribution in [1.29, 1.82) is 0 Å². The fourth-order valence-electron chi connectivity index (χ4n) is 3.07. The molecule has 1 aromatic rings. The third kappa shape index (κ3) is 3.51. The molecule has 96 valence electrons. The van der Waals surface area contributed by atoms with Gasteiger partial charge in [0.25, 0.3) is 0 Å². The number of rotatable bonds is 4. The van der Waals surface area contributed by atoms with Crippen molar-refractivity contribution in [2.45, 2.75) is 51.4 Å². The Hall–Kier alpha value is -0.980. The first kappa shape index (κ1) is 13.5. The molecule has 18 heavy (non-hydrogen) atoms. The lowest BCUT2D eigenvalue weighted by atomic mass is 9.77. The second kappa shape index (κ2) is 6.82. The summed E-state index contributed by atoms with van der Waals surface area (Å²) in [4.78, 5) is 3.99. The molecule has 0 spiro atoms. The minimum absolute atomic E-state index is 0.753. The third-order valence-corrected chi connectivity index (χ3v) is 4.17. The van der Waals surface area contributed by atoms with E-state index in [-0.39, 0.29) is 0 Å². The van der Waals surface area contributed by atoms with E-state index in [4.69, 9.17) is 0 Å². The lowest BCUT2D eigenvalue weighted by Crippen LogP contribution is -2.13. The van der Waals surface area contributed by atoms with Crippen LogP contribution in [0.15, 0.2) is 29.3 Å². The summed E-state index contributed by atoms with van der Waals surface area (Å²) >= 11 is 4.61. The molecule has 0 saturated heterocycles. The van der Waals surface area contributed by atoms with E-state index in [1.54, 1.807) is 0 Å². The van der Waals surface area contributed by atoms with Crippen molar-refractivity contribution >= 4 is 23.1 Å². The van der Waals surface area contributed by atoms with E-state index in [9.17, 15) is 0 Å². The maximum Gasteiger partial charge on any atom is 0.0739 e. The summed E-state index contributed by atoms with van der Waals surface area (Å²) in [6.45, 7) is 2.29. The van der Waals surface area contributed by atoms with E-state index < -0.39 is 0 Å². The van der Waals surface area contributed by atoms with Gasteiger partial charge >= 0.3 is 0 Å². The van der Waals surface area contributed by atoms with E-state index in [0.717, 1.165) is 17.5 Å². The highest BCUT2D eigenvalue weighted by molar-refractivity contribution is 7.78. The van der Waals surface area contributed by atoms with Gasteiger partial charge in [-0.25, -0.2) is 0 Å². The number of thiocarbonyl (C=S) groups is 1. The quantitative estimate of drug-likeness (QED) is 0.514. The second-order valence-corrected chi connectivity index (χ2v) is 5.48. The van der Waals surface area contributed by atoms with E-state index in [2.05, 4.69) is 41.4 Å². The highest BCUT2D eigenvalue weighted by Gasteiger charge is 2.21. The molecule has 0 amide bonds. The monoisotopic (exact) mass is 259 g/mol. The third-order valence-electron chi connectivity index (χ3n) is 4.08. The van der Waals surface area contributed by atoms with E-state index in [1.165, 1.54) is 44.1 Å². The Morgan fingerprint density at radius 2 is 1.83 bits per heavy atom. The molecular formula is C16H21NS. The van der Waals surface area contributed by atoms with Crippen molar-refractivity contribution in [1.82, 2.24) is 0 Å². The van der Waals surface area contributed by atoms with Crippen molar-refractivity contribution in [3.8, 4) is 0 Å². The first-order valence-corrected chi connectivity index (χ1v) is 7.42. The van der Waals surface area contributed by atoms with Gasteiger partial charge in [0.05, 0.1) is 10.8 Å². The smallest absolute Gasteiger partial charge is 0.0739 e. The Bertz CT molecular complexity index is 409. The summed E-state index contributed by atoms with van der Waals surface area (Å²) in [6.07, 6.45) is 8.24. The average molecular weight is 259 g/mol. The van der Waals surface area contributed by atoms with Gasteiger partial charge in [0.2, 0.25) is 0 Å². The Morgan fingerprint density at radius 3 is 2.39 bits per heavy atom. The molecule has 0 radical (unpaired) electrons. The molecule has 0 heterocycles. The number of hydrogen-bond donors (Lipinski definition) is 0. The van der Waals surface area contributed by atoms with Crippen LogP contribution < -0.4 is 0 Å². The van der Waals surface area contributed by atoms with Crippen LogP contribution in [-0.2, 0) is 0 Å². The minimum atomic E-state index is 0.753. The molecule has 0 bridgehead atoms. The summed E-state index contributed by atoms with van der Waals surface area (Å²) in [6, 6.07) is 8.51. The first-order valence-electron chi connectivity index (χ1n) is 7.01. The van der Waals surface area contributed by atoms with Crippen LogP contribution in [0.5, 0.6) is 0 Å². The van der Waals surface area contributed by atoms with Crippen LogP contribution in [0.1, 0.15) is 56.9 Å². The molecule has 0 aliphatic heterocycles. The predicted octanol–water partition coefficient (Wildman–Crippen LogP) is 5.49. The molecule has 0 aromatic heterocycles. The average Bonchev–Trinajstić information content (AvgIpc) is 2.41. The lowest BCUT2D eigenvalue weighted by Gasteiger charge is -2.28. The van der Waals surface area contributed by atoms with Crippen LogP contribution in [-0.4, -0.2) is 5.16 Å². The van der Waals surface area contributed by atoms with Crippen LogP contribution in [0.25, 0.3) is 0 Å². The van der Waals surface area contributed by atoms with E-state index in [1.807, 2.05) is 12.1 Å². The molecule has 0 atom stereocenters. The molecule has 1 aliphatic carbocycles. The molecule has 0 unspecified atom stereocenters. The summed E-state index contributed by atoms with van der Waals surface area (Å²) in [5.41, 5.74) is 2.38. The Balaban J connectivity index is 1.94. The summed E-state index contributed by atoms with van der Waals surface area (Å²) in [7, 11) is 0. The number of hydrogen-bond acceptors (Lipinski definition) is 2. The fraction of sp³-hybridized carbons (Fsp3) is 0.562.